The van der Waals surface area contributed by atoms with Gasteiger partial charge >= 0.3 is 5.97 Å². The van der Waals surface area contributed by atoms with Crippen LogP contribution in [0.5, 0.6) is 5.75 Å². The van der Waals surface area contributed by atoms with Crippen LogP contribution in [0.4, 0.5) is 0 Å². The fourth-order valence-electron chi connectivity index (χ4n) is 1.53. The van der Waals surface area contributed by atoms with Crippen LogP contribution in [0.3, 0.4) is 0 Å². The minimum atomic E-state index is -0.867. The predicted octanol–water partition coefficient (Wildman–Crippen LogP) is 2.49. The molecule has 18 heavy (non-hydrogen) atoms. The van der Waals surface area contributed by atoms with E-state index in [0.29, 0.717) is 5.70 Å². The Labute approximate surface area is 108 Å². The van der Waals surface area contributed by atoms with Crippen molar-refractivity contribution < 1.29 is 14.6 Å². The molecule has 0 saturated heterocycles. The fraction of sp³-hybridized carbons (Fsp3) is 0.154. The van der Waals surface area contributed by atoms with Crippen molar-refractivity contribution in [1.29, 1.82) is 0 Å². The quantitative estimate of drug-likeness (QED) is 0.830. The van der Waals surface area contributed by atoms with Crippen molar-refractivity contribution in [2.45, 2.75) is 6.42 Å². The Morgan fingerprint density at radius 2 is 2.11 bits per heavy atom. The van der Waals surface area contributed by atoms with Crippen LogP contribution >= 0.6 is 10.5 Å². The lowest BCUT2D eigenvalue weighted by Gasteiger charge is -2.07. The Hall–Kier alpha value is -1.88. The first-order valence-electron chi connectivity index (χ1n) is 5.35. The first-order chi connectivity index (χ1) is 8.66. The minimum absolute atomic E-state index is 0.0277. The number of aliphatic carboxylic acids is 1. The molecule has 0 saturated carbocycles. The van der Waals surface area contributed by atoms with Gasteiger partial charge in [-0.2, -0.15) is 0 Å². The van der Waals surface area contributed by atoms with Crippen LogP contribution in [0, 0.1) is 0 Å². The van der Waals surface area contributed by atoms with Crippen molar-refractivity contribution in [3.63, 3.8) is 0 Å². The van der Waals surface area contributed by atoms with Gasteiger partial charge in [0.15, 0.2) is 0 Å². The third-order valence-corrected chi connectivity index (χ3v) is 3.78. The van der Waals surface area contributed by atoms with Gasteiger partial charge in [-0.25, -0.2) is 0 Å². The molecule has 2 rings (SSSR count). The molecular formula is C13H13NO3S. The molecule has 94 valence electrons. The molecule has 0 amide bonds. The SMILES string of the molecule is C=S1C=NC(COc2ccccc2)=C1CC(=O)O. The minimum Gasteiger partial charge on any atom is -0.487 e. The van der Waals surface area contributed by atoms with Crippen LogP contribution in [-0.4, -0.2) is 29.1 Å². The molecule has 1 aromatic carbocycles. The first kappa shape index (κ1) is 12.6. The molecule has 0 aliphatic carbocycles. The van der Waals surface area contributed by atoms with E-state index in [9.17, 15) is 4.79 Å². The Bertz CT molecular complexity index is 534. The molecular weight excluding hydrogens is 250 g/mol. The zero-order chi connectivity index (χ0) is 13.0. The maximum absolute atomic E-state index is 10.8. The number of ether oxygens (including phenoxy) is 1. The van der Waals surface area contributed by atoms with Crippen molar-refractivity contribution in [2.75, 3.05) is 6.61 Å². The average Bonchev–Trinajstić information content (AvgIpc) is 2.69. The molecule has 1 aliphatic rings. The highest BCUT2D eigenvalue weighted by Crippen LogP contribution is 2.33. The van der Waals surface area contributed by atoms with E-state index in [-0.39, 0.29) is 13.0 Å². The molecule has 1 heterocycles. The van der Waals surface area contributed by atoms with Gasteiger partial charge in [0, 0.05) is 4.91 Å². The fourth-order valence-corrected chi connectivity index (χ4v) is 2.64. The second kappa shape index (κ2) is 5.64. The van der Waals surface area contributed by atoms with Crippen molar-refractivity contribution in [1.82, 2.24) is 0 Å². The second-order valence-corrected chi connectivity index (χ2v) is 5.27. The topological polar surface area (TPSA) is 58.9 Å². The Balaban J connectivity index is 2.07. The predicted molar refractivity (Wildman–Crippen MR) is 74.4 cm³/mol. The van der Waals surface area contributed by atoms with E-state index in [1.54, 1.807) is 5.55 Å². The molecule has 0 aromatic heterocycles. The summed E-state index contributed by atoms with van der Waals surface area (Å²) < 4.78 is 5.56. The zero-order valence-electron chi connectivity index (χ0n) is 9.70. The van der Waals surface area contributed by atoms with Crippen molar-refractivity contribution in [3.8, 4) is 5.75 Å². The summed E-state index contributed by atoms with van der Waals surface area (Å²) in [4.78, 5) is 15.7. The van der Waals surface area contributed by atoms with Gasteiger partial charge in [-0.3, -0.25) is 9.79 Å². The Morgan fingerprint density at radius 1 is 1.39 bits per heavy atom. The van der Waals surface area contributed by atoms with Crippen molar-refractivity contribution in [3.05, 3.63) is 40.9 Å². The Kier molecular flexibility index (Phi) is 3.94. The maximum atomic E-state index is 10.8. The third-order valence-electron chi connectivity index (χ3n) is 2.40. The van der Waals surface area contributed by atoms with Crippen LogP contribution in [0.2, 0.25) is 0 Å². The summed E-state index contributed by atoms with van der Waals surface area (Å²) in [5.74, 6) is 3.75. The molecule has 1 unspecified atom stereocenters. The van der Waals surface area contributed by atoms with E-state index in [2.05, 4.69) is 10.9 Å². The number of nitrogens with zero attached hydrogens (tertiary/aromatic N) is 1. The van der Waals surface area contributed by atoms with Gasteiger partial charge in [-0.15, -0.1) is 10.5 Å². The highest BCUT2D eigenvalue weighted by molar-refractivity contribution is 8.28. The number of para-hydroxylation sites is 1. The molecule has 1 aromatic rings. The second-order valence-electron chi connectivity index (χ2n) is 3.71. The van der Waals surface area contributed by atoms with Crippen LogP contribution in [0.25, 0.3) is 0 Å². The smallest absolute Gasteiger partial charge is 0.308 e. The van der Waals surface area contributed by atoms with Gasteiger partial charge in [0.1, 0.15) is 12.4 Å². The van der Waals surface area contributed by atoms with Gasteiger partial charge in [0.2, 0.25) is 0 Å². The number of aliphatic imine (C=N–C) groups is 1. The van der Waals surface area contributed by atoms with Crippen LogP contribution in [0.1, 0.15) is 6.42 Å². The summed E-state index contributed by atoms with van der Waals surface area (Å²) in [6.07, 6.45) is -0.0277. The molecule has 0 spiro atoms. The number of hydrogen-bond donors (Lipinski definition) is 1. The summed E-state index contributed by atoms with van der Waals surface area (Å²) in [7, 11) is -0.442. The molecule has 4 nitrogen and oxygen atoms in total. The van der Waals surface area contributed by atoms with Crippen LogP contribution < -0.4 is 4.74 Å². The van der Waals surface area contributed by atoms with Gasteiger partial charge in [-0.05, 0) is 12.1 Å². The number of carboxylic acid groups (broad SMARTS) is 1. The molecule has 0 bridgehead atoms. The summed E-state index contributed by atoms with van der Waals surface area (Å²) in [6, 6.07) is 9.36. The number of benzene rings is 1. The monoisotopic (exact) mass is 263 g/mol. The zero-order valence-corrected chi connectivity index (χ0v) is 10.5. The maximum Gasteiger partial charge on any atom is 0.308 e. The molecule has 1 aliphatic heterocycles. The number of carboxylic acids is 1. The summed E-state index contributed by atoms with van der Waals surface area (Å²) >= 11 is 0. The standard InChI is InChI=1S/C13H13NO3S/c1-18-9-14-11(12(18)7-13(15)16)8-17-10-5-3-2-4-6-10/h2-6,9H,1,7-8H2,(H,15,16). The normalized spacial score (nSPS) is 18.1. The van der Waals surface area contributed by atoms with E-state index >= 15 is 0 Å². The van der Waals surface area contributed by atoms with Gasteiger partial charge < -0.3 is 9.84 Å². The van der Waals surface area contributed by atoms with Crippen molar-refractivity contribution in [2.24, 2.45) is 4.99 Å². The molecule has 1 N–H and O–H groups in total. The summed E-state index contributed by atoms with van der Waals surface area (Å²) in [5.41, 5.74) is 2.36. The first-order valence-corrected chi connectivity index (χ1v) is 6.81. The lowest BCUT2D eigenvalue weighted by molar-refractivity contribution is -0.136. The lowest BCUT2D eigenvalue weighted by atomic mass is 10.3. The van der Waals surface area contributed by atoms with Gasteiger partial charge in [0.25, 0.3) is 0 Å². The average molecular weight is 263 g/mol. The van der Waals surface area contributed by atoms with Gasteiger partial charge in [0.05, 0.1) is 17.7 Å². The highest BCUT2D eigenvalue weighted by atomic mass is 32.2. The van der Waals surface area contributed by atoms with Crippen molar-refractivity contribution >= 4 is 27.9 Å². The Morgan fingerprint density at radius 3 is 2.78 bits per heavy atom. The third kappa shape index (κ3) is 3.07. The number of carbonyl (C=O) groups is 1. The number of rotatable bonds is 5. The van der Waals surface area contributed by atoms with E-state index in [1.165, 1.54) is 0 Å². The van der Waals surface area contributed by atoms with E-state index in [1.807, 2.05) is 30.3 Å². The lowest BCUT2D eigenvalue weighted by Crippen LogP contribution is -2.03. The van der Waals surface area contributed by atoms with E-state index < -0.39 is 16.5 Å². The molecule has 5 heteroatoms. The molecule has 0 fully saturated rings. The number of hydrogen-bond acceptors (Lipinski definition) is 3. The van der Waals surface area contributed by atoms with E-state index in [0.717, 1.165) is 10.7 Å². The van der Waals surface area contributed by atoms with E-state index in [4.69, 9.17) is 9.84 Å². The summed E-state index contributed by atoms with van der Waals surface area (Å²) in [6.45, 7) is 0.280. The molecule has 0 radical (unpaired) electrons. The largest absolute Gasteiger partial charge is 0.487 e. The highest BCUT2D eigenvalue weighted by Gasteiger charge is 2.17. The van der Waals surface area contributed by atoms with Gasteiger partial charge in [-0.1, -0.05) is 24.1 Å². The van der Waals surface area contributed by atoms with Crippen LogP contribution in [-0.2, 0) is 4.79 Å². The molecule has 1 atom stereocenters. The summed E-state index contributed by atoms with van der Waals surface area (Å²) in [5, 5.41) is 8.84. The van der Waals surface area contributed by atoms with Crippen LogP contribution in [0.15, 0.2) is 45.9 Å².